The highest BCUT2D eigenvalue weighted by Gasteiger charge is 2.33. The van der Waals surface area contributed by atoms with Crippen LogP contribution in [0.25, 0.3) is 0 Å². The quantitative estimate of drug-likeness (QED) is 0.487. The predicted octanol–water partition coefficient (Wildman–Crippen LogP) is 4.20. The summed E-state index contributed by atoms with van der Waals surface area (Å²) < 4.78 is 5.65. The van der Waals surface area contributed by atoms with Crippen LogP contribution in [0.1, 0.15) is 43.5 Å². The summed E-state index contributed by atoms with van der Waals surface area (Å²) in [5.74, 6) is 0.0455. The Bertz CT molecular complexity index is 980. The number of unbranched alkanes of at least 4 members (excludes halogenated alkanes) is 1. The van der Waals surface area contributed by atoms with E-state index in [1.165, 1.54) is 14.7 Å². The van der Waals surface area contributed by atoms with Crippen LogP contribution in [0, 0.1) is 0 Å². The Morgan fingerprint density at radius 3 is 2.52 bits per heavy atom. The van der Waals surface area contributed by atoms with E-state index in [2.05, 4.69) is 6.92 Å². The molecule has 176 valence electrons. The number of carbonyl (C=O) groups excluding carboxylic acids is 3. The Morgan fingerprint density at radius 1 is 1.09 bits per heavy atom. The van der Waals surface area contributed by atoms with Gasteiger partial charge in [-0.1, -0.05) is 37.9 Å². The minimum absolute atomic E-state index is 0.0245. The zero-order chi connectivity index (χ0) is 23.8. The Balaban J connectivity index is 1.63. The molecule has 1 saturated heterocycles. The molecule has 7 nitrogen and oxygen atoms in total. The molecule has 0 saturated carbocycles. The minimum atomic E-state index is -0.269. The first kappa shape index (κ1) is 24.6. The van der Waals surface area contributed by atoms with Gasteiger partial charge < -0.3 is 14.5 Å². The van der Waals surface area contributed by atoms with Gasteiger partial charge >= 0.3 is 0 Å². The van der Waals surface area contributed by atoms with Gasteiger partial charge in [-0.25, -0.2) is 0 Å². The normalized spacial score (nSPS) is 13.4. The van der Waals surface area contributed by atoms with Gasteiger partial charge in [0.15, 0.2) is 0 Å². The molecule has 0 N–H and O–H groups in total. The lowest BCUT2D eigenvalue weighted by molar-refractivity contribution is -0.132. The number of hydrogen-bond acceptors (Lipinski definition) is 4. The molecule has 1 aliphatic heterocycles. The van der Waals surface area contributed by atoms with Crippen molar-refractivity contribution in [3.05, 3.63) is 59.1 Å². The van der Waals surface area contributed by atoms with Crippen LogP contribution >= 0.6 is 11.6 Å². The topological polar surface area (TPSA) is 70.2 Å². The van der Waals surface area contributed by atoms with Crippen LogP contribution in [0.15, 0.2) is 48.5 Å². The number of nitrogens with zero attached hydrogens (tertiary/aromatic N) is 3. The van der Waals surface area contributed by atoms with Gasteiger partial charge in [0.25, 0.3) is 5.91 Å². The number of rotatable bonds is 10. The highest BCUT2D eigenvalue weighted by atomic mass is 35.5. The molecular weight excluding hydrogens is 442 g/mol. The maximum absolute atomic E-state index is 13.1. The molecule has 0 radical (unpaired) electrons. The fraction of sp³-hybridized carbons (Fsp3) is 0.400. The molecule has 1 aliphatic rings. The first-order valence-electron chi connectivity index (χ1n) is 11.3. The van der Waals surface area contributed by atoms with Crippen molar-refractivity contribution in [2.45, 2.75) is 33.1 Å². The van der Waals surface area contributed by atoms with Crippen LogP contribution in [-0.4, -0.2) is 60.4 Å². The standard InChI is InChI=1S/C25H30ClN3O4/c1-3-5-14-33-22-11-9-19(10-12-22)25(32)27(13-4-2)16-23(30)28-17-24(31)29(18-28)21-8-6-7-20(26)15-21/h6-12,15H,3-5,13-14,16-18H2,1-2H3. The lowest BCUT2D eigenvalue weighted by Crippen LogP contribution is -2.43. The molecule has 0 spiro atoms. The van der Waals surface area contributed by atoms with E-state index in [1.54, 1.807) is 48.5 Å². The van der Waals surface area contributed by atoms with Gasteiger partial charge in [-0.05, 0) is 55.3 Å². The van der Waals surface area contributed by atoms with E-state index < -0.39 is 0 Å². The number of anilines is 1. The summed E-state index contributed by atoms with van der Waals surface area (Å²) in [6.07, 6.45) is 2.74. The van der Waals surface area contributed by atoms with Gasteiger partial charge in [-0.3, -0.25) is 19.3 Å². The third-order valence-electron chi connectivity index (χ3n) is 5.39. The van der Waals surface area contributed by atoms with E-state index in [0.29, 0.717) is 35.8 Å². The van der Waals surface area contributed by atoms with E-state index in [1.807, 2.05) is 6.92 Å². The fourth-order valence-corrected chi connectivity index (χ4v) is 3.77. The van der Waals surface area contributed by atoms with E-state index in [-0.39, 0.29) is 37.5 Å². The second-order valence-electron chi connectivity index (χ2n) is 7.99. The van der Waals surface area contributed by atoms with Crippen molar-refractivity contribution >= 4 is 35.0 Å². The summed E-state index contributed by atoms with van der Waals surface area (Å²) >= 11 is 6.04. The summed E-state index contributed by atoms with van der Waals surface area (Å²) in [4.78, 5) is 43.0. The molecule has 0 aliphatic carbocycles. The maximum atomic E-state index is 13.1. The molecule has 3 amide bonds. The molecule has 2 aromatic rings. The molecule has 0 aromatic heterocycles. The average Bonchev–Trinajstić information content (AvgIpc) is 3.21. The third-order valence-corrected chi connectivity index (χ3v) is 5.62. The van der Waals surface area contributed by atoms with Crippen LogP contribution in [0.2, 0.25) is 5.02 Å². The highest BCUT2D eigenvalue weighted by Crippen LogP contribution is 2.23. The molecular formula is C25H30ClN3O4. The SMILES string of the molecule is CCCCOc1ccc(C(=O)N(CCC)CC(=O)N2CC(=O)N(c3cccc(Cl)c3)C2)cc1. The number of amides is 3. The lowest BCUT2D eigenvalue weighted by Gasteiger charge is -2.25. The molecule has 1 heterocycles. The Kier molecular flexibility index (Phi) is 8.72. The fourth-order valence-electron chi connectivity index (χ4n) is 3.58. The van der Waals surface area contributed by atoms with E-state index in [0.717, 1.165) is 18.6 Å². The number of hydrogen-bond donors (Lipinski definition) is 0. The van der Waals surface area contributed by atoms with Gasteiger partial charge in [0.05, 0.1) is 6.61 Å². The summed E-state index contributed by atoms with van der Waals surface area (Å²) in [7, 11) is 0. The summed E-state index contributed by atoms with van der Waals surface area (Å²) in [6.45, 7) is 5.16. The third kappa shape index (κ3) is 6.48. The second kappa shape index (κ2) is 11.7. The van der Waals surface area contributed by atoms with Crippen molar-refractivity contribution in [1.29, 1.82) is 0 Å². The Morgan fingerprint density at radius 2 is 1.85 bits per heavy atom. The largest absolute Gasteiger partial charge is 0.494 e. The molecule has 3 rings (SSSR count). The first-order valence-corrected chi connectivity index (χ1v) is 11.7. The Labute approximate surface area is 199 Å². The number of halogens is 1. The summed E-state index contributed by atoms with van der Waals surface area (Å²) in [5, 5.41) is 0.520. The minimum Gasteiger partial charge on any atom is -0.494 e. The molecule has 1 fully saturated rings. The van der Waals surface area contributed by atoms with Gasteiger partial charge in [0.2, 0.25) is 11.8 Å². The molecule has 33 heavy (non-hydrogen) atoms. The molecule has 0 unspecified atom stereocenters. The smallest absolute Gasteiger partial charge is 0.254 e. The zero-order valence-corrected chi connectivity index (χ0v) is 19.9. The average molecular weight is 472 g/mol. The highest BCUT2D eigenvalue weighted by molar-refractivity contribution is 6.31. The van der Waals surface area contributed by atoms with Crippen molar-refractivity contribution < 1.29 is 19.1 Å². The zero-order valence-electron chi connectivity index (χ0n) is 19.1. The molecule has 2 aromatic carbocycles. The van der Waals surface area contributed by atoms with Gasteiger partial charge in [0, 0.05) is 22.8 Å². The molecule has 8 heteroatoms. The molecule has 0 bridgehead atoms. The van der Waals surface area contributed by atoms with Crippen molar-refractivity contribution in [3.8, 4) is 5.75 Å². The van der Waals surface area contributed by atoms with Gasteiger partial charge in [-0.2, -0.15) is 0 Å². The number of benzene rings is 2. The van der Waals surface area contributed by atoms with Crippen molar-refractivity contribution in [1.82, 2.24) is 9.80 Å². The van der Waals surface area contributed by atoms with Crippen LogP contribution < -0.4 is 9.64 Å². The summed E-state index contributed by atoms with van der Waals surface area (Å²) in [5.41, 5.74) is 1.14. The van der Waals surface area contributed by atoms with Crippen LogP contribution in [-0.2, 0) is 9.59 Å². The molecule has 0 atom stereocenters. The monoisotopic (exact) mass is 471 g/mol. The van der Waals surface area contributed by atoms with E-state index in [9.17, 15) is 14.4 Å². The van der Waals surface area contributed by atoms with E-state index >= 15 is 0 Å². The number of carbonyl (C=O) groups is 3. The van der Waals surface area contributed by atoms with Gasteiger partial charge in [0.1, 0.15) is 25.5 Å². The van der Waals surface area contributed by atoms with Crippen LogP contribution in [0.5, 0.6) is 5.75 Å². The number of ether oxygens (including phenoxy) is 1. The second-order valence-corrected chi connectivity index (χ2v) is 8.42. The van der Waals surface area contributed by atoms with Crippen LogP contribution in [0.4, 0.5) is 5.69 Å². The van der Waals surface area contributed by atoms with Gasteiger partial charge in [-0.15, -0.1) is 0 Å². The van der Waals surface area contributed by atoms with Crippen LogP contribution in [0.3, 0.4) is 0 Å². The first-order chi connectivity index (χ1) is 15.9. The predicted molar refractivity (Wildman–Crippen MR) is 129 cm³/mol. The lowest BCUT2D eigenvalue weighted by atomic mass is 10.2. The van der Waals surface area contributed by atoms with Crippen molar-refractivity contribution in [3.63, 3.8) is 0 Å². The van der Waals surface area contributed by atoms with Crippen molar-refractivity contribution in [2.24, 2.45) is 0 Å². The summed E-state index contributed by atoms with van der Waals surface area (Å²) in [6, 6.07) is 13.9. The maximum Gasteiger partial charge on any atom is 0.254 e. The van der Waals surface area contributed by atoms with E-state index in [4.69, 9.17) is 16.3 Å². The Hall–Kier alpha value is -3.06. The van der Waals surface area contributed by atoms with Crippen molar-refractivity contribution in [2.75, 3.05) is 37.8 Å².